The van der Waals surface area contributed by atoms with Crippen LogP contribution in [-0.2, 0) is 17.8 Å². The number of urea groups is 1. The van der Waals surface area contributed by atoms with Crippen LogP contribution in [0.4, 0.5) is 10.5 Å². The Balaban J connectivity index is 1.52. The van der Waals surface area contributed by atoms with Crippen LogP contribution >= 0.6 is 0 Å². The average Bonchev–Trinajstić information content (AvgIpc) is 3.54. The van der Waals surface area contributed by atoms with E-state index in [-0.39, 0.29) is 30.7 Å². The SMILES string of the molecule is CCOC(=O)c1ccc(NC(=O)N2CCn3c(c(C(N)=O)c(C#N)c3C3CC3)C2)cc1. The highest BCUT2D eigenvalue weighted by molar-refractivity contribution is 5.98. The van der Waals surface area contributed by atoms with Crippen molar-refractivity contribution in [2.24, 2.45) is 5.73 Å². The minimum atomic E-state index is -0.649. The monoisotopic (exact) mass is 421 g/mol. The molecule has 1 aliphatic carbocycles. The third-order valence-electron chi connectivity index (χ3n) is 5.60. The topological polar surface area (TPSA) is 130 Å². The van der Waals surface area contributed by atoms with E-state index < -0.39 is 11.9 Å². The van der Waals surface area contributed by atoms with Gasteiger partial charge in [0.25, 0.3) is 5.91 Å². The molecule has 0 saturated heterocycles. The van der Waals surface area contributed by atoms with Crippen LogP contribution < -0.4 is 11.1 Å². The fraction of sp³-hybridized carbons (Fsp3) is 0.364. The molecular weight excluding hydrogens is 398 g/mol. The maximum Gasteiger partial charge on any atom is 0.338 e. The number of nitrogens with two attached hydrogens (primary N) is 1. The molecule has 4 rings (SSSR count). The molecule has 2 aromatic rings. The summed E-state index contributed by atoms with van der Waals surface area (Å²) in [6.07, 6.45) is 1.98. The van der Waals surface area contributed by atoms with Gasteiger partial charge in [-0.25, -0.2) is 9.59 Å². The number of anilines is 1. The summed E-state index contributed by atoms with van der Waals surface area (Å²) in [5.74, 6) is -0.792. The van der Waals surface area contributed by atoms with E-state index in [0.717, 1.165) is 18.5 Å². The second kappa shape index (κ2) is 8.14. The maximum atomic E-state index is 12.8. The third kappa shape index (κ3) is 3.84. The molecule has 0 bridgehead atoms. The summed E-state index contributed by atoms with van der Waals surface area (Å²) >= 11 is 0. The number of nitrogens with one attached hydrogen (secondary N) is 1. The van der Waals surface area contributed by atoms with Gasteiger partial charge in [0.2, 0.25) is 0 Å². The zero-order valence-corrected chi connectivity index (χ0v) is 17.2. The highest BCUT2D eigenvalue weighted by Crippen LogP contribution is 2.44. The molecule has 160 valence electrons. The average molecular weight is 421 g/mol. The minimum Gasteiger partial charge on any atom is -0.462 e. The normalized spacial score (nSPS) is 15.0. The summed E-state index contributed by atoms with van der Waals surface area (Å²) in [4.78, 5) is 38.3. The standard InChI is InChI=1S/C22H23N5O4/c1-2-31-21(29)14-5-7-15(8-6-14)25-22(30)26-9-10-27-17(12-26)18(20(24)28)16(11-23)19(27)13-3-4-13/h5-8,13H,2-4,9-10,12H2,1H3,(H2,24,28)(H,25,30). The summed E-state index contributed by atoms with van der Waals surface area (Å²) < 4.78 is 6.95. The molecule has 1 aliphatic heterocycles. The lowest BCUT2D eigenvalue weighted by Gasteiger charge is -2.30. The molecule has 0 atom stereocenters. The second-order valence-corrected chi connectivity index (χ2v) is 7.63. The fourth-order valence-electron chi connectivity index (χ4n) is 4.03. The molecule has 1 aromatic carbocycles. The quantitative estimate of drug-likeness (QED) is 0.717. The molecule has 3 N–H and O–H groups in total. The highest BCUT2D eigenvalue weighted by atomic mass is 16.5. The Hall–Kier alpha value is -3.80. The Morgan fingerprint density at radius 3 is 2.52 bits per heavy atom. The molecule has 9 nitrogen and oxygen atoms in total. The first-order valence-electron chi connectivity index (χ1n) is 10.2. The number of carbonyl (C=O) groups excluding carboxylic acids is 3. The second-order valence-electron chi connectivity index (χ2n) is 7.63. The molecule has 2 aliphatic rings. The van der Waals surface area contributed by atoms with Crippen LogP contribution in [0.25, 0.3) is 0 Å². The first-order valence-corrected chi connectivity index (χ1v) is 10.2. The van der Waals surface area contributed by atoms with Crippen molar-refractivity contribution in [3.05, 3.63) is 52.3 Å². The number of hydrogen-bond acceptors (Lipinski definition) is 5. The van der Waals surface area contributed by atoms with E-state index in [9.17, 15) is 19.6 Å². The van der Waals surface area contributed by atoms with Crippen LogP contribution in [0.3, 0.4) is 0 Å². The predicted octanol–water partition coefficient (Wildman–Crippen LogP) is 2.56. The summed E-state index contributed by atoms with van der Waals surface area (Å²) in [7, 11) is 0. The Bertz CT molecular complexity index is 1090. The first kappa shape index (κ1) is 20.5. The van der Waals surface area contributed by atoms with Gasteiger partial charge in [0.05, 0.1) is 35.5 Å². The number of nitriles is 1. The highest BCUT2D eigenvalue weighted by Gasteiger charge is 2.37. The molecule has 2 heterocycles. The van der Waals surface area contributed by atoms with Gasteiger partial charge in [-0.1, -0.05) is 0 Å². The summed E-state index contributed by atoms with van der Waals surface area (Å²) in [6.45, 7) is 3.15. The smallest absolute Gasteiger partial charge is 0.338 e. The number of esters is 1. The predicted molar refractivity (Wildman–Crippen MR) is 111 cm³/mol. The third-order valence-corrected chi connectivity index (χ3v) is 5.60. The number of aromatic nitrogens is 1. The van der Waals surface area contributed by atoms with E-state index in [2.05, 4.69) is 11.4 Å². The zero-order chi connectivity index (χ0) is 22.1. The Morgan fingerprint density at radius 2 is 1.94 bits per heavy atom. The lowest BCUT2D eigenvalue weighted by molar-refractivity contribution is 0.0526. The molecule has 0 radical (unpaired) electrons. The molecule has 9 heteroatoms. The number of primary amides is 1. The largest absolute Gasteiger partial charge is 0.462 e. The number of nitrogens with zero attached hydrogens (tertiary/aromatic N) is 3. The van der Waals surface area contributed by atoms with Gasteiger partial charge in [-0.2, -0.15) is 5.26 Å². The first-order chi connectivity index (χ1) is 14.9. The van der Waals surface area contributed by atoms with Crippen LogP contribution in [0.1, 0.15) is 63.4 Å². The van der Waals surface area contributed by atoms with Gasteiger partial charge < -0.3 is 25.3 Å². The molecule has 1 aromatic heterocycles. The van der Waals surface area contributed by atoms with Gasteiger partial charge in [-0.05, 0) is 44.0 Å². The van der Waals surface area contributed by atoms with Crippen molar-refractivity contribution in [1.82, 2.24) is 9.47 Å². The van der Waals surface area contributed by atoms with E-state index in [1.54, 1.807) is 36.1 Å². The molecule has 1 saturated carbocycles. The van der Waals surface area contributed by atoms with Crippen LogP contribution in [0.5, 0.6) is 0 Å². The van der Waals surface area contributed by atoms with Crippen molar-refractivity contribution < 1.29 is 19.1 Å². The van der Waals surface area contributed by atoms with E-state index >= 15 is 0 Å². The number of hydrogen-bond donors (Lipinski definition) is 2. The summed E-state index contributed by atoms with van der Waals surface area (Å²) in [5.41, 5.74) is 8.59. The fourth-order valence-corrected chi connectivity index (χ4v) is 4.03. The molecule has 31 heavy (non-hydrogen) atoms. The lowest BCUT2D eigenvalue weighted by Crippen LogP contribution is -2.41. The van der Waals surface area contributed by atoms with Crippen molar-refractivity contribution >= 4 is 23.6 Å². The number of amides is 3. The van der Waals surface area contributed by atoms with Gasteiger partial charge in [0.1, 0.15) is 6.07 Å². The lowest BCUT2D eigenvalue weighted by atomic mass is 10.1. The Kier molecular flexibility index (Phi) is 5.38. The number of carbonyl (C=O) groups is 3. The van der Waals surface area contributed by atoms with Crippen LogP contribution in [-0.4, -0.2) is 40.5 Å². The molecule has 0 unspecified atom stereocenters. The number of rotatable bonds is 5. The van der Waals surface area contributed by atoms with Crippen molar-refractivity contribution in [3.8, 4) is 6.07 Å². The van der Waals surface area contributed by atoms with Crippen molar-refractivity contribution in [3.63, 3.8) is 0 Å². The van der Waals surface area contributed by atoms with E-state index in [4.69, 9.17) is 10.5 Å². The van der Waals surface area contributed by atoms with E-state index in [1.165, 1.54) is 0 Å². The van der Waals surface area contributed by atoms with Gasteiger partial charge in [0, 0.05) is 30.4 Å². The van der Waals surface area contributed by atoms with E-state index in [0.29, 0.717) is 35.6 Å². The summed E-state index contributed by atoms with van der Waals surface area (Å²) in [5, 5.41) is 12.4. The number of benzene rings is 1. The summed E-state index contributed by atoms with van der Waals surface area (Å²) in [6, 6.07) is 8.25. The van der Waals surface area contributed by atoms with Gasteiger partial charge >= 0.3 is 12.0 Å². The minimum absolute atomic E-state index is 0.187. The van der Waals surface area contributed by atoms with Crippen molar-refractivity contribution in [2.75, 3.05) is 18.5 Å². The Morgan fingerprint density at radius 1 is 1.23 bits per heavy atom. The molecular formula is C22H23N5O4. The van der Waals surface area contributed by atoms with Gasteiger partial charge in [0.15, 0.2) is 0 Å². The van der Waals surface area contributed by atoms with E-state index in [1.807, 2.05) is 4.57 Å². The molecule has 0 spiro atoms. The van der Waals surface area contributed by atoms with Gasteiger partial charge in [-0.3, -0.25) is 4.79 Å². The number of ether oxygens (including phenoxy) is 1. The van der Waals surface area contributed by atoms with Crippen LogP contribution in [0, 0.1) is 11.3 Å². The van der Waals surface area contributed by atoms with Crippen LogP contribution in [0.2, 0.25) is 0 Å². The molecule has 3 amide bonds. The number of fused-ring (bicyclic) bond motifs is 1. The van der Waals surface area contributed by atoms with Crippen LogP contribution in [0.15, 0.2) is 24.3 Å². The molecule has 1 fully saturated rings. The van der Waals surface area contributed by atoms with Crippen molar-refractivity contribution in [1.29, 1.82) is 5.26 Å². The van der Waals surface area contributed by atoms with Crippen molar-refractivity contribution in [2.45, 2.75) is 38.8 Å². The zero-order valence-electron chi connectivity index (χ0n) is 17.2. The Labute approximate surface area is 179 Å². The maximum absolute atomic E-state index is 12.8. The van der Waals surface area contributed by atoms with Gasteiger partial charge in [-0.15, -0.1) is 0 Å².